The number of phenolic OH excluding ortho intramolecular Hbond substituents is 1. The van der Waals surface area contributed by atoms with Gasteiger partial charge in [-0.05, 0) is 24.6 Å². The Labute approximate surface area is 133 Å². The number of alkyl halides is 3. The summed E-state index contributed by atoms with van der Waals surface area (Å²) in [5.74, 6) is -4.73. The number of amides is 1. The molecular weight excluding hydrogens is 337 g/mol. The smallest absolute Gasteiger partial charge is 0.406 e. The third kappa shape index (κ3) is 3.42. The molecule has 132 valence electrons. The Morgan fingerprint density at radius 1 is 1.42 bits per heavy atom. The summed E-state index contributed by atoms with van der Waals surface area (Å²) in [6.07, 6.45) is -4.53. The number of carbonyl (C=O) groups is 1. The van der Waals surface area contributed by atoms with Crippen molar-refractivity contribution in [2.75, 3.05) is 6.54 Å². The molecule has 1 aromatic carbocycles. The van der Waals surface area contributed by atoms with Crippen LogP contribution in [0.4, 0.5) is 22.0 Å². The van der Waals surface area contributed by atoms with Gasteiger partial charge in [0.2, 0.25) is 0 Å². The number of nitrogens with two attached hydrogens (primary N) is 1. The van der Waals surface area contributed by atoms with Crippen molar-refractivity contribution in [1.82, 2.24) is 10.2 Å². The van der Waals surface area contributed by atoms with Gasteiger partial charge in [-0.1, -0.05) is 0 Å². The van der Waals surface area contributed by atoms with Crippen molar-refractivity contribution in [3.8, 4) is 5.75 Å². The maximum Gasteiger partial charge on any atom is 0.406 e. The Bertz CT molecular complexity index is 703. The van der Waals surface area contributed by atoms with Crippen molar-refractivity contribution >= 4 is 12.0 Å². The second-order valence-corrected chi connectivity index (χ2v) is 5.22. The molecule has 1 amide bonds. The van der Waals surface area contributed by atoms with E-state index in [1.807, 2.05) is 0 Å². The highest BCUT2D eigenvalue weighted by Crippen LogP contribution is 2.29. The lowest BCUT2D eigenvalue weighted by molar-refractivity contribution is -0.159. The van der Waals surface area contributed by atoms with Crippen LogP contribution in [0.25, 0.3) is 6.08 Å². The van der Waals surface area contributed by atoms with Crippen LogP contribution in [0, 0.1) is 11.6 Å². The van der Waals surface area contributed by atoms with E-state index >= 15 is 0 Å². The van der Waals surface area contributed by atoms with Crippen LogP contribution in [0.5, 0.6) is 5.75 Å². The van der Waals surface area contributed by atoms with Gasteiger partial charge in [-0.25, -0.2) is 8.78 Å². The van der Waals surface area contributed by atoms with Crippen molar-refractivity contribution in [1.29, 1.82) is 0 Å². The SMILES string of the molecule is CC1NC(=Cc2cc(F)c(O)c(F)c2CN)C(=O)N1CC(F)(F)F. The van der Waals surface area contributed by atoms with E-state index in [1.165, 1.54) is 6.92 Å². The fourth-order valence-corrected chi connectivity index (χ4v) is 2.36. The Balaban J connectivity index is 2.41. The summed E-state index contributed by atoms with van der Waals surface area (Å²) in [7, 11) is 0. The lowest BCUT2D eigenvalue weighted by Crippen LogP contribution is -2.41. The molecule has 0 bridgehead atoms. The molecule has 0 aromatic heterocycles. The number of nitrogens with one attached hydrogen (secondary N) is 1. The van der Waals surface area contributed by atoms with Crippen molar-refractivity contribution in [3.05, 3.63) is 34.5 Å². The van der Waals surface area contributed by atoms with Crippen LogP contribution in [0.2, 0.25) is 0 Å². The second-order valence-electron chi connectivity index (χ2n) is 5.22. The van der Waals surface area contributed by atoms with Crippen LogP contribution >= 0.6 is 0 Å². The molecule has 24 heavy (non-hydrogen) atoms. The van der Waals surface area contributed by atoms with Crippen LogP contribution in [0.1, 0.15) is 18.1 Å². The highest BCUT2D eigenvalue weighted by molar-refractivity contribution is 5.99. The number of carbonyl (C=O) groups excluding carboxylic acids is 1. The first kappa shape index (κ1) is 18.0. The van der Waals surface area contributed by atoms with E-state index in [1.54, 1.807) is 0 Å². The first-order valence-corrected chi connectivity index (χ1v) is 6.81. The summed E-state index contributed by atoms with van der Waals surface area (Å²) >= 11 is 0. The lowest BCUT2D eigenvalue weighted by atomic mass is 10.0. The monoisotopic (exact) mass is 351 g/mol. The molecule has 0 aliphatic carbocycles. The minimum atomic E-state index is -4.58. The predicted octanol–water partition coefficient (Wildman–Crippen LogP) is 1.81. The van der Waals surface area contributed by atoms with E-state index in [4.69, 9.17) is 5.73 Å². The van der Waals surface area contributed by atoms with Gasteiger partial charge in [-0.3, -0.25) is 4.79 Å². The Morgan fingerprint density at radius 2 is 2.04 bits per heavy atom. The Hall–Kier alpha value is -2.36. The van der Waals surface area contributed by atoms with Crippen LogP contribution in [0.15, 0.2) is 11.8 Å². The number of rotatable bonds is 3. The van der Waals surface area contributed by atoms with E-state index < -0.39 is 48.7 Å². The van der Waals surface area contributed by atoms with Crippen LogP contribution in [-0.2, 0) is 11.3 Å². The number of halogens is 5. The average Bonchev–Trinajstić information content (AvgIpc) is 2.71. The molecule has 0 spiro atoms. The zero-order valence-electron chi connectivity index (χ0n) is 12.4. The van der Waals surface area contributed by atoms with Crippen LogP contribution < -0.4 is 11.1 Å². The maximum absolute atomic E-state index is 13.8. The normalized spacial score (nSPS) is 20.0. The number of hydrogen-bond acceptors (Lipinski definition) is 4. The van der Waals surface area contributed by atoms with Gasteiger partial charge in [0, 0.05) is 12.1 Å². The molecule has 1 aliphatic heterocycles. The third-order valence-corrected chi connectivity index (χ3v) is 3.51. The number of phenols is 1. The molecule has 1 fully saturated rings. The van der Waals surface area contributed by atoms with E-state index in [9.17, 15) is 31.9 Å². The van der Waals surface area contributed by atoms with Crippen LogP contribution in [0.3, 0.4) is 0 Å². The molecule has 0 saturated carbocycles. The van der Waals surface area contributed by atoms with Gasteiger partial charge in [0.1, 0.15) is 12.2 Å². The highest BCUT2D eigenvalue weighted by Gasteiger charge is 2.40. The molecule has 4 N–H and O–H groups in total. The topological polar surface area (TPSA) is 78.6 Å². The summed E-state index contributed by atoms with van der Waals surface area (Å²) in [5.41, 5.74) is 4.67. The van der Waals surface area contributed by atoms with E-state index in [2.05, 4.69) is 5.32 Å². The van der Waals surface area contributed by atoms with Gasteiger partial charge in [0.25, 0.3) is 5.91 Å². The minimum Gasteiger partial charge on any atom is -0.503 e. The highest BCUT2D eigenvalue weighted by atomic mass is 19.4. The van der Waals surface area contributed by atoms with Gasteiger partial charge in [-0.15, -0.1) is 0 Å². The summed E-state index contributed by atoms with van der Waals surface area (Å²) in [6.45, 7) is -0.527. The van der Waals surface area contributed by atoms with E-state index in [0.717, 1.165) is 12.1 Å². The summed E-state index contributed by atoms with van der Waals surface area (Å²) in [5, 5.41) is 11.7. The molecule has 1 unspecified atom stereocenters. The lowest BCUT2D eigenvalue weighted by Gasteiger charge is -2.21. The maximum atomic E-state index is 13.8. The summed E-state index contributed by atoms with van der Waals surface area (Å²) in [4.78, 5) is 12.6. The first-order valence-electron chi connectivity index (χ1n) is 6.81. The number of aromatic hydroxyl groups is 1. The standard InChI is InChI=1S/C14H14F5N3O2/c1-6-21-10(13(24)22(6)5-14(17,18)19)3-7-2-9(15)12(23)11(16)8(7)4-20/h2-3,6,21,23H,4-5,20H2,1H3. The fraction of sp³-hybridized carbons (Fsp3) is 0.357. The van der Waals surface area contributed by atoms with Gasteiger partial charge in [-0.2, -0.15) is 13.2 Å². The van der Waals surface area contributed by atoms with Gasteiger partial charge >= 0.3 is 6.18 Å². The average molecular weight is 351 g/mol. The third-order valence-electron chi connectivity index (χ3n) is 3.51. The molecule has 1 aromatic rings. The van der Waals surface area contributed by atoms with Gasteiger partial charge in [0.15, 0.2) is 17.4 Å². The zero-order chi connectivity index (χ0) is 18.2. The van der Waals surface area contributed by atoms with Crippen molar-refractivity contribution in [2.24, 2.45) is 5.73 Å². The number of nitrogens with zero attached hydrogens (tertiary/aromatic N) is 1. The largest absolute Gasteiger partial charge is 0.503 e. The van der Waals surface area contributed by atoms with Crippen molar-refractivity contribution < 1.29 is 31.9 Å². The van der Waals surface area contributed by atoms with Gasteiger partial charge in [0.05, 0.1) is 6.17 Å². The predicted molar refractivity (Wildman–Crippen MR) is 74.3 cm³/mol. The summed E-state index contributed by atoms with van der Waals surface area (Å²) in [6, 6.07) is 0.750. The molecule has 0 radical (unpaired) electrons. The Morgan fingerprint density at radius 3 is 2.58 bits per heavy atom. The second kappa shape index (κ2) is 6.27. The van der Waals surface area contributed by atoms with Gasteiger partial charge < -0.3 is 21.1 Å². The quantitative estimate of drug-likeness (QED) is 0.573. The molecule has 5 nitrogen and oxygen atoms in total. The molecule has 10 heteroatoms. The Kier molecular flexibility index (Phi) is 4.70. The molecule has 1 heterocycles. The zero-order valence-corrected chi connectivity index (χ0v) is 12.4. The number of hydrogen-bond donors (Lipinski definition) is 3. The van der Waals surface area contributed by atoms with E-state index in [-0.39, 0.29) is 16.8 Å². The minimum absolute atomic E-state index is 0.151. The molecular formula is C14H14F5N3O2. The molecule has 1 atom stereocenters. The number of benzene rings is 1. The molecule has 1 aliphatic rings. The fourth-order valence-electron chi connectivity index (χ4n) is 2.36. The molecule has 2 rings (SSSR count). The van der Waals surface area contributed by atoms with E-state index in [0.29, 0.717) is 4.90 Å². The van der Waals surface area contributed by atoms with Crippen molar-refractivity contribution in [3.63, 3.8) is 0 Å². The summed E-state index contributed by atoms with van der Waals surface area (Å²) < 4.78 is 64.8. The van der Waals surface area contributed by atoms with Crippen LogP contribution in [-0.4, -0.2) is 34.8 Å². The molecule has 1 saturated heterocycles. The van der Waals surface area contributed by atoms with Crippen molar-refractivity contribution in [2.45, 2.75) is 25.8 Å². The first-order chi connectivity index (χ1) is 11.0.